The molecule has 0 aliphatic rings. The molecule has 0 aliphatic carbocycles. The first kappa shape index (κ1) is 10.4. The Morgan fingerprint density at radius 1 is 1.69 bits per heavy atom. The van der Waals surface area contributed by atoms with Crippen molar-refractivity contribution in [3.8, 4) is 0 Å². The molecule has 1 atom stereocenters. The first-order valence-corrected chi connectivity index (χ1v) is 5.31. The summed E-state index contributed by atoms with van der Waals surface area (Å²) < 4.78 is 0. The fourth-order valence-corrected chi connectivity index (χ4v) is 1.46. The Kier molecular flexibility index (Phi) is 4.70. The molecule has 13 heavy (non-hydrogen) atoms. The maximum atomic E-state index is 8.78. The third-order valence-electron chi connectivity index (χ3n) is 1.82. The molecule has 0 radical (unpaired) electrons. The predicted molar refractivity (Wildman–Crippen MR) is 53.9 cm³/mol. The molecule has 0 spiro atoms. The van der Waals surface area contributed by atoms with Crippen molar-refractivity contribution in [2.45, 2.75) is 19.8 Å². The van der Waals surface area contributed by atoms with Crippen molar-refractivity contribution < 1.29 is 5.11 Å². The van der Waals surface area contributed by atoms with Crippen LogP contribution in [0.4, 0.5) is 5.13 Å². The summed E-state index contributed by atoms with van der Waals surface area (Å²) in [7, 11) is 0. The van der Waals surface area contributed by atoms with Gasteiger partial charge in [-0.15, -0.1) is 10.2 Å². The molecule has 1 aromatic rings. The Hall–Kier alpha value is -0.680. The topological polar surface area (TPSA) is 58.0 Å². The van der Waals surface area contributed by atoms with Crippen molar-refractivity contribution in [2.75, 3.05) is 18.5 Å². The monoisotopic (exact) mass is 201 g/mol. The molecule has 1 heterocycles. The van der Waals surface area contributed by atoms with Crippen LogP contribution in [-0.2, 0) is 0 Å². The molecular formula is C8H15N3OS. The summed E-state index contributed by atoms with van der Waals surface area (Å²) in [6, 6.07) is 0. The third kappa shape index (κ3) is 4.19. The highest BCUT2D eigenvalue weighted by atomic mass is 32.1. The van der Waals surface area contributed by atoms with Crippen molar-refractivity contribution in [3.63, 3.8) is 0 Å². The van der Waals surface area contributed by atoms with Gasteiger partial charge in [-0.05, 0) is 18.8 Å². The van der Waals surface area contributed by atoms with Crippen LogP contribution in [0, 0.1) is 5.92 Å². The third-order valence-corrected chi connectivity index (χ3v) is 2.47. The number of hydrogen-bond acceptors (Lipinski definition) is 5. The second kappa shape index (κ2) is 5.88. The molecular weight excluding hydrogens is 186 g/mol. The molecule has 2 N–H and O–H groups in total. The molecule has 0 amide bonds. The quantitative estimate of drug-likeness (QED) is 0.682. The summed E-state index contributed by atoms with van der Waals surface area (Å²) in [6.07, 6.45) is 2.10. The first-order chi connectivity index (χ1) is 6.33. The van der Waals surface area contributed by atoms with Crippen molar-refractivity contribution in [1.82, 2.24) is 10.2 Å². The highest BCUT2D eigenvalue weighted by Crippen LogP contribution is 2.09. The number of nitrogens with one attached hydrogen (secondary N) is 1. The molecule has 0 aliphatic heterocycles. The lowest BCUT2D eigenvalue weighted by Crippen LogP contribution is -2.06. The average Bonchev–Trinajstić information content (AvgIpc) is 2.64. The Labute approximate surface area is 82.0 Å². The van der Waals surface area contributed by atoms with Crippen LogP contribution in [0.25, 0.3) is 0 Å². The van der Waals surface area contributed by atoms with Gasteiger partial charge < -0.3 is 10.4 Å². The Morgan fingerprint density at radius 3 is 3.15 bits per heavy atom. The van der Waals surface area contributed by atoms with Crippen LogP contribution in [0.15, 0.2) is 5.51 Å². The van der Waals surface area contributed by atoms with E-state index < -0.39 is 0 Å². The van der Waals surface area contributed by atoms with E-state index >= 15 is 0 Å². The van der Waals surface area contributed by atoms with E-state index in [1.54, 1.807) is 5.51 Å². The van der Waals surface area contributed by atoms with E-state index in [2.05, 4.69) is 15.5 Å². The lowest BCUT2D eigenvalue weighted by Gasteiger charge is -2.06. The normalized spacial score (nSPS) is 12.8. The maximum absolute atomic E-state index is 8.78. The summed E-state index contributed by atoms with van der Waals surface area (Å²) in [5, 5.41) is 20.4. The van der Waals surface area contributed by atoms with Crippen LogP contribution in [0.1, 0.15) is 19.8 Å². The summed E-state index contributed by atoms with van der Waals surface area (Å²) in [4.78, 5) is 0. The SMILES string of the molecule is CC(CO)CCCNc1nncs1. The first-order valence-electron chi connectivity index (χ1n) is 4.44. The van der Waals surface area contributed by atoms with Gasteiger partial charge in [0.1, 0.15) is 5.51 Å². The van der Waals surface area contributed by atoms with Crippen molar-refractivity contribution in [1.29, 1.82) is 0 Å². The maximum Gasteiger partial charge on any atom is 0.205 e. The lowest BCUT2D eigenvalue weighted by atomic mass is 10.1. The number of aliphatic hydroxyl groups is 1. The Morgan fingerprint density at radius 2 is 2.54 bits per heavy atom. The van der Waals surface area contributed by atoms with Crippen LogP contribution in [0.5, 0.6) is 0 Å². The van der Waals surface area contributed by atoms with Gasteiger partial charge in [0.15, 0.2) is 0 Å². The zero-order chi connectivity index (χ0) is 9.52. The van der Waals surface area contributed by atoms with E-state index in [1.165, 1.54) is 11.3 Å². The molecule has 5 heteroatoms. The van der Waals surface area contributed by atoms with E-state index in [4.69, 9.17) is 5.11 Å². The predicted octanol–water partition coefficient (Wildman–Crippen LogP) is 1.36. The van der Waals surface area contributed by atoms with E-state index in [0.717, 1.165) is 24.5 Å². The van der Waals surface area contributed by atoms with Crippen LogP contribution < -0.4 is 5.32 Å². The molecule has 0 aromatic carbocycles. The average molecular weight is 201 g/mol. The minimum atomic E-state index is 0.277. The van der Waals surface area contributed by atoms with Gasteiger partial charge >= 0.3 is 0 Å². The Bertz CT molecular complexity index is 215. The second-order valence-electron chi connectivity index (χ2n) is 3.10. The fraction of sp³-hybridized carbons (Fsp3) is 0.750. The van der Waals surface area contributed by atoms with Gasteiger partial charge in [0.25, 0.3) is 0 Å². The van der Waals surface area contributed by atoms with Gasteiger partial charge in [-0.25, -0.2) is 0 Å². The molecule has 0 bridgehead atoms. The minimum absolute atomic E-state index is 0.277. The van der Waals surface area contributed by atoms with Gasteiger partial charge in [0.05, 0.1) is 0 Å². The van der Waals surface area contributed by atoms with Crippen molar-refractivity contribution >= 4 is 16.5 Å². The number of hydrogen-bond donors (Lipinski definition) is 2. The van der Waals surface area contributed by atoms with Crippen LogP contribution in [0.3, 0.4) is 0 Å². The molecule has 1 rings (SSSR count). The lowest BCUT2D eigenvalue weighted by molar-refractivity contribution is 0.229. The Balaban J connectivity index is 2.02. The molecule has 1 unspecified atom stereocenters. The smallest absolute Gasteiger partial charge is 0.205 e. The van der Waals surface area contributed by atoms with Gasteiger partial charge in [-0.1, -0.05) is 18.3 Å². The fourth-order valence-electron chi connectivity index (χ4n) is 0.987. The van der Waals surface area contributed by atoms with E-state index in [-0.39, 0.29) is 6.61 Å². The van der Waals surface area contributed by atoms with E-state index in [0.29, 0.717) is 5.92 Å². The number of rotatable bonds is 6. The van der Waals surface area contributed by atoms with Gasteiger partial charge in [0, 0.05) is 13.2 Å². The number of aromatic nitrogens is 2. The van der Waals surface area contributed by atoms with E-state index in [1.807, 2.05) is 6.92 Å². The highest BCUT2D eigenvalue weighted by molar-refractivity contribution is 7.13. The van der Waals surface area contributed by atoms with Gasteiger partial charge in [0.2, 0.25) is 5.13 Å². The minimum Gasteiger partial charge on any atom is -0.396 e. The number of nitrogens with zero attached hydrogens (tertiary/aromatic N) is 2. The largest absolute Gasteiger partial charge is 0.396 e. The van der Waals surface area contributed by atoms with Crippen molar-refractivity contribution in [2.24, 2.45) is 5.92 Å². The van der Waals surface area contributed by atoms with Crippen LogP contribution in [-0.4, -0.2) is 28.5 Å². The molecule has 4 nitrogen and oxygen atoms in total. The van der Waals surface area contributed by atoms with Gasteiger partial charge in [-0.2, -0.15) is 0 Å². The molecule has 0 saturated heterocycles. The molecule has 0 saturated carbocycles. The number of aliphatic hydroxyl groups excluding tert-OH is 1. The van der Waals surface area contributed by atoms with Crippen molar-refractivity contribution in [3.05, 3.63) is 5.51 Å². The molecule has 74 valence electrons. The zero-order valence-corrected chi connectivity index (χ0v) is 8.55. The molecule has 1 aromatic heterocycles. The van der Waals surface area contributed by atoms with E-state index in [9.17, 15) is 0 Å². The highest BCUT2D eigenvalue weighted by Gasteiger charge is 1.99. The standard InChI is InChI=1S/C8H15N3OS/c1-7(5-12)3-2-4-9-8-11-10-6-13-8/h6-7,12H,2-5H2,1H3,(H,9,11). The second-order valence-corrected chi connectivity index (χ2v) is 3.93. The summed E-state index contributed by atoms with van der Waals surface area (Å²) in [6.45, 7) is 3.23. The molecule has 0 fully saturated rings. The van der Waals surface area contributed by atoms with Crippen LogP contribution in [0.2, 0.25) is 0 Å². The summed E-state index contributed by atoms with van der Waals surface area (Å²) in [5.74, 6) is 0.399. The summed E-state index contributed by atoms with van der Waals surface area (Å²) in [5.41, 5.74) is 1.71. The van der Waals surface area contributed by atoms with Crippen LogP contribution >= 0.6 is 11.3 Å². The number of anilines is 1. The van der Waals surface area contributed by atoms with Gasteiger partial charge in [-0.3, -0.25) is 0 Å². The zero-order valence-electron chi connectivity index (χ0n) is 7.73. The summed E-state index contributed by atoms with van der Waals surface area (Å²) >= 11 is 1.50.